The quantitative estimate of drug-likeness (QED) is 0.296. The van der Waals surface area contributed by atoms with Crippen molar-refractivity contribution < 1.29 is 0 Å². The molecule has 0 unspecified atom stereocenters. The van der Waals surface area contributed by atoms with Gasteiger partial charge in [0, 0.05) is 61.2 Å². The van der Waals surface area contributed by atoms with Crippen LogP contribution in [0.4, 0.5) is 0 Å². The molecule has 3 aromatic rings. The molecule has 0 spiro atoms. The molecule has 3 rings (SSSR count). The molecule has 0 aliphatic heterocycles. The van der Waals surface area contributed by atoms with Gasteiger partial charge in [-0.05, 0) is 40.0 Å². The Kier molecular flexibility index (Phi) is 7.57. The number of halogens is 2. The van der Waals surface area contributed by atoms with Crippen molar-refractivity contribution in [3.05, 3.63) is 58.5 Å². The van der Waals surface area contributed by atoms with Crippen molar-refractivity contribution in [3.63, 3.8) is 0 Å². The van der Waals surface area contributed by atoms with Gasteiger partial charge in [0.25, 0.3) is 0 Å². The van der Waals surface area contributed by atoms with Crippen molar-refractivity contribution in [1.82, 2.24) is 19.8 Å². The van der Waals surface area contributed by atoms with E-state index in [4.69, 9.17) is 0 Å². The molecule has 7 heteroatoms. The van der Waals surface area contributed by atoms with Crippen LogP contribution in [-0.2, 0) is 20.0 Å². The monoisotopic (exact) mass is 529 g/mol. The first kappa shape index (κ1) is 20.8. The number of benzene rings is 1. The Bertz CT molecular complexity index is 883. The highest BCUT2D eigenvalue weighted by atomic mass is 127. The number of rotatable bonds is 5. The van der Waals surface area contributed by atoms with Crippen LogP contribution in [-0.4, -0.2) is 41.1 Å². The summed E-state index contributed by atoms with van der Waals surface area (Å²) in [6, 6.07) is 10.5. The molecule has 0 saturated carbocycles. The zero-order valence-corrected chi connectivity index (χ0v) is 19.2. The number of aryl methyl sites for hydroxylation is 1. The van der Waals surface area contributed by atoms with Crippen molar-refractivity contribution in [1.29, 1.82) is 0 Å². The third-order valence-corrected chi connectivity index (χ3v) is 4.83. The van der Waals surface area contributed by atoms with Crippen molar-refractivity contribution in [2.24, 2.45) is 12.0 Å². The molecule has 0 amide bonds. The lowest BCUT2D eigenvalue weighted by Crippen LogP contribution is -2.39. The average molecular weight is 530 g/mol. The fraction of sp³-hybridized carbons (Fsp3) is 0.316. The smallest absolute Gasteiger partial charge is 0.193 e. The standard InChI is InChI=1S/C19H24BrN5.HI/c1-21-19(25(3)13-16-10-15(20)12-24(16)2)22-9-8-14-11-23-18-7-5-4-6-17(14)18;/h4-7,10-12,23H,8-9,13H2,1-3H3,(H,21,22);1H. The molecule has 26 heavy (non-hydrogen) atoms. The zero-order chi connectivity index (χ0) is 17.8. The molecule has 140 valence electrons. The summed E-state index contributed by atoms with van der Waals surface area (Å²) in [7, 11) is 5.94. The summed E-state index contributed by atoms with van der Waals surface area (Å²) in [6.07, 6.45) is 5.11. The second kappa shape index (κ2) is 9.45. The first-order valence-corrected chi connectivity index (χ1v) is 9.15. The van der Waals surface area contributed by atoms with E-state index in [9.17, 15) is 0 Å². The Morgan fingerprint density at radius 1 is 1.35 bits per heavy atom. The number of aliphatic imine (C=N–C) groups is 1. The number of hydrogen-bond donors (Lipinski definition) is 2. The predicted molar refractivity (Wildman–Crippen MR) is 123 cm³/mol. The molecule has 0 fully saturated rings. The van der Waals surface area contributed by atoms with E-state index in [1.165, 1.54) is 22.2 Å². The Hall–Kier alpha value is -1.48. The maximum atomic E-state index is 4.40. The summed E-state index contributed by atoms with van der Waals surface area (Å²) in [5.74, 6) is 0.900. The highest BCUT2D eigenvalue weighted by molar-refractivity contribution is 14.0. The van der Waals surface area contributed by atoms with Crippen molar-refractivity contribution in [2.45, 2.75) is 13.0 Å². The average Bonchev–Trinajstić information content (AvgIpc) is 3.14. The van der Waals surface area contributed by atoms with Crippen LogP contribution in [0.15, 0.2) is 52.2 Å². The van der Waals surface area contributed by atoms with Crippen molar-refractivity contribution in [2.75, 3.05) is 20.6 Å². The minimum Gasteiger partial charge on any atom is -0.361 e. The van der Waals surface area contributed by atoms with E-state index in [1.54, 1.807) is 0 Å². The molecular formula is C19H25BrIN5. The van der Waals surface area contributed by atoms with Crippen LogP contribution >= 0.6 is 39.9 Å². The van der Waals surface area contributed by atoms with Gasteiger partial charge in [-0.3, -0.25) is 4.99 Å². The van der Waals surface area contributed by atoms with Crippen LogP contribution in [0.3, 0.4) is 0 Å². The van der Waals surface area contributed by atoms with E-state index in [0.717, 1.165) is 29.9 Å². The normalized spacial score (nSPS) is 11.5. The molecule has 0 bridgehead atoms. The highest BCUT2D eigenvalue weighted by Gasteiger charge is 2.10. The summed E-state index contributed by atoms with van der Waals surface area (Å²) in [6.45, 7) is 1.64. The number of H-pyrrole nitrogens is 1. The summed E-state index contributed by atoms with van der Waals surface area (Å²) in [4.78, 5) is 9.87. The summed E-state index contributed by atoms with van der Waals surface area (Å²) >= 11 is 3.52. The Balaban J connectivity index is 0.00000243. The van der Waals surface area contributed by atoms with Crippen LogP contribution in [0.25, 0.3) is 10.9 Å². The van der Waals surface area contributed by atoms with E-state index in [-0.39, 0.29) is 24.0 Å². The number of aromatic nitrogens is 2. The molecule has 2 N–H and O–H groups in total. The van der Waals surface area contributed by atoms with E-state index < -0.39 is 0 Å². The highest BCUT2D eigenvalue weighted by Crippen LogP contribution is 2.18. The maximum absolute atomic E-state index is 4.40. The second-order valence-corrected chi connectivity index (χ2v) is 7.12. The van der Waals surface area contributed by atoms with Gasteiger partial charge in [-0.25, -0.2) is 0 Å². The van der Waals surface area contributed by atoms with E-state index in [0.29, 0.717) is 0 Å². The number of fused-ring (bicyclic) bond motifs is 1. The fourth-order valence-corrected chi connectivity index (χ4v) is 3.64. The molecule has 0 atom stereocenters. The maximum Gasteiger partial charge on any atom is 0.193 e. The third-order valence-electron chi connectivity index (χ3n) is 4.40. The number of nitrogens with zero attached hydrogens (tertiary/aromatic N) is 3. The SMILES string of the molecule is CN=C(NCCc1c[nH]c2ccccc12)N(C)Cc1cc(Br)cn1C.I. The molecule has 2 aromatic heterocycles. The Morgan fingerprint density at radius 3 is 2.81 bits per heavy atom. The lowest BCUT2D eigenvalue weighted by atomic mass is 10.1. The van der Waals surface area contributed by atoms with Gasteiger partial charge in [0.05, 0.1) is 6.54 Å². The number of guanidine groups is 1. The van der Waals surface area contributed by atoms with Gasteiger partial charge in [0.1, 0.15) is 0 Å². The summed E-state index contributed by atoms with van der Waals surface area (Å²) in [5, 5.41) is 4.75. The number of nitrogens with one attached hydrogen (secondary N) is 2. The molecule has 0 radical (unpaired) electrons. The van der Waals surface area contributed by atoms with E-state index >= 15 is 0 Å². The molecule has 2 heterocycles. The number of aromatic amines is 1. The molecule has 0 aliphatic carbocycles. The zero-order valence-electron chi connectivity index (χ0n) is 15.3. The second-order valence-electron chi connectivity index (χ2n) is 6.20. The Morgan fingerprint density at radius 2 is 2.12 bits per heavy atom. The summed E-state index contributed by atoms with van der Waals surface area (Å²) in [5.41, 5.74) is 3.75. The topological polar surface area (TPSA) is 48.4 Å². The minimum atomic E-state index is 0. The molecule has 5 nitrogen and oxygen atoms in total. The van der Waals surface area contributed by atoms with E-state index in [2.05, 4.69) is 97.5 Å². The fourth-order valence-electron chi connectivity index (χ4n) is 3.07. The van der Waals surface area contributed by atoms with Crippen LogP contribution in [0.1, 0.15) is 11.3 Å². The lowest BCUT2D eigenvalue weighted by Gasteiger charge is -2.22. The lowest BCUT2D eigenvalue weighted by molar-refractivity contribution is 0.462. The molecule has 0 saturated heterocycles. The van der Waals surface area contributed by atoms with Crippen LogP contribution in [0.2, 0.25) is 0 Å². The first-order valence-electron chi connectivity index (χ1n) is 8.36. The number of para-hydroxylation sites is 1. The van der Waals surface area contributed by atoms with Gasteiger partial charge >= 0.3 is 0 Å². The molecular weight excluding hydrogens is 505 g/mol. The van der Waals surface area contributed by atoms with Gasteiger partial charge in [-0.15, -0.1) is 24.0 Å². The number of hydrogen-bond acceptors (Lipinski definition) is 1. The van der Waals surface area contributed by atoms with Crippen LogP contribution in [0.5, 0.6) is 0 Å². The van der Waals surface area contributed by atoms with Gasteiger partial charge in [0.15, 0.2) is 5.96 Å². The largest absolute Gasteiger partial charge is 0.361 e. The molecule has 1 aromatic carbocycles. The first-order chi connectivity index (χ1) is 12.1. The van der Waals surface area contributed by atoms with Crippen LogP contribution in [0, 0.1) is 0 Å². The minimum absolute atomic E-state index is 0. The van der Waals surface area contributed by atoms with Gasteiger partial charge in [-0.2, -0.15) is 0 Å². The van der Waals surface area contributed by atoms with Gasteiger partial charge < -0.3 is 19.8 Å². The summed E-state index contributed by atoms with van der Waals surface area (Å²) < 4.78 is 3.22. The van der Waals surface area contributed by atoms with Gasteiger partial charge in [-0.1, -0.05) is 18.2 Å². The third kappa shape index (κ3) is 4.82. The van der Waals surface area contributed by atoms with Gasteiger partial charge in [0.2, 0.25) is 0 Å². The van der Waals surface area contributed by atoms with E-state index in [1.807, 2.05) is 7.05 Å². The van der Waals surface area contributed by atoms with Crippen molar-refractivity contribution >= 4 is 56.8 Å². The molecule has 0 aliphatic rings. The van der Waals surface area contributed by atoms with Crippen molar-refractivity contribution in [3.8, 4) is 0 Å². The predicted octanol–water partition coefficient (Wildman–Crippen LogP) is 4.14. The van der Waals surface area contributed by atoms with Crippen LogP contribution < -0.4 is 5.32 Å². The Labute approximate surface area is 180 Å².